The van der Waals surface area contributed by atoms with Crippen LogP contribution in [0.3, 0.4) is 0 Å². The average Bonchev–Trinajstić information content (AvgIpc) is 2.67. The molecule has 2 N–H and O–H groups in total. The van der Waals surface area contributed by atoms with Crippen LogP contribution in [0.4, 0.5) is 4.39 Å². The Bertz CT molecular complexity index is 954. The second-order valence-electron chi connectivity index (χ2n) is 7.12. The Morgan fingerprint density at radius 2 is 1.79 bits per heavy atom. The third-order valence-corrected chi connectivity index (χ3v) is 4.74. The van der Waals surface area contributed by atoms with E-state index >= 15 is 0 Å². The summed E-state index contributed by atoms with van der Waals surface area (Å²) >= 11 is 0. The van der Waals surface area contributed by atoms with Gasteiger partial charge >= 0.3 is 5.97 Å². The molecule has 4 nitrogen and oxygen atoms in total. The maximum absolute atomic E-state index is 13.1. The number of carbonyl (C=O) groups is 1. The molecule has 0 heterocycles. The maximum atomic E-state index is 13.1. The van der Waals surface area contributed by atoms with Gasteiger partial charge in [-0.15, -0.1) is 0 Å². The predicted octanol–water partition coefficient (Wildman–Crippen LogP) is 4.76. The van der Waals surface area contributed by atoms with E-state index in [9.17, 15) is 14.3 Å². The zero-order valence-electron chi connectivity index (χ0n) is 16.0. The summed E-state index contributed by atoms with van der Waals surface area (Å²) in [5, 5.41) is 14.7. The van der Waals surface area contributed by atoms with Crippen LogP contribution in [-0.2, 0) is 17.9 Å². The van der Waals surface area contributed by atoms with Gasteiger partial charge in [-0.25, -0.2) is 4.39 Å². The summed E-state index contributed by atoms with van der Waals surface area (Å²) < 4.78 is 19.1. The zero-order chi connectivity index (χ0) is 20.1. The molecule has 3 aromatic carbocycles. The van der Waals surface area contributed by atoms with Crippen molar-refractivity contribution in [2.24, 2.45) is 5.92 Å². The second-order valence-corrected chi connectivity index (χ2v) is 7.12. The fourth-order valence-electron chi connectivity index (χ4n) is 3.20. The summed E-state index contributed by atoms with van der Waals surface area (Å²) in [7, 11) is 0. The van der Waals surface area contributed by atoms with E-state index in [-0.39, 0.29) is 11.7 Å². The molecule has 3 rings (SSSR count). The van der Waals surface area contributed by atoms with Gasteiger partial charge in [-0.2, -0.15) is 0 Å². The van der Waals surface area contributed by atoms with E-state index in [1.165, 1.54) is 12.1 Å². The lowest BCUT2D eigenvalue weighted by atomic mass is 10.0. The second kappa shape index (κ2) is 8.85. The minimum atomic E-state index is -0.871. The Morgan fingerprint density at radius 1 is 1.07 bits per heavy atom. The lowest BCUT2D eigenvalue weighted by molar-refractivity contribution is -0.140. The number of hydrogen-bond donors (Lipinski definition) is 2. The molecule has 3 aromatic rings. The first-order chi connectivity index (χ1) is 13.5. The summed E-state index contributed by atoms with van der Waals surface area (Å²) in [6.07, 6.45) is 0. The molecule has 5 heteroatoms. The summed E-state index contributed by atoms with van der Waals surface area (Å²) in [6, 6.07) is 17.3. The van der Waals surface area contributed by atoms with Gasteiger partial charge in [-0.3, -0.25) is 10.1 Å². The molecule has 0 radical (unpaired) electrons. The number of benzene rings is 3. The van der Waals surface area contributed by atoms with Gasteiger partial charge in [0.15, 0.2) is 0 Å². The molecular weight excluding hydrogens is 357 g/mol. The Hall–Kier alpha value is -2.92. The predicted molar refractivity (Wildman–Crippen MR) is 108 cm³/mol. The fraction of sp³-hybridized carbons (Fsp3) is 0.261. The molecule has 1 atom stereocenters. The molecule has 0 aliphatic heterocycles. The molecule has 0 spiro atoms. The van der Waals surface area contributed by atoms with Crippen molar-refractivity contribution in [3.05, 3.63) is 77.6 Å². The van der Waals surface area contributed by atoms with Crippen LogP contribution in [0, 0.1) is 11.7 Å². The monoisotopic (exact) mass is 381 g/mol. The van der Waals surface area contributed by atoms with E-state index in [0.29, 0.717) is 18.9 Å². The van der Waals surface area contributed by atoms with Crippen LogP contribution >= 0.6 is 0 Å². The first-order valence-corrected chi connectivity index (χ1v) is 9.29. The number of rotatable bonds is 8. The van der Waals surface area contributed by atoms with Gasteiger partial charge in [0, 0.05) is 12.1 Å². The van der Waals surface area contributed by atoms with Gasteiger partial charge in [-0.1, -0.05) is 56.3 Å². The highest BCUT2D eigenvalue weighted by atomic mass is 19.1. The first kappa shape index (κ1) is 19.8. The highest BCUT2D eigenvalue weighted by molar-refractivity contribution is 5.87. The number of hydrogen-bond acceptors (Lipinski definition) is 3. The SMILES string of the molecule is CC(C)C(NCc1c(OCc2ccc(F)cc2)ccc2ccccc12)C(=O)O. The lowest BCUT2D eigenvalue weighted by Gasteiger charge is -2.20. The Morgan fingerprint density at radius 3 is 2.46 bits per heavy atom. The third kappa shape index (κ3) is 4.67. The van der Waals surface area contributed by atoms with E-state index < -0.39 is 12.0 Å². The van der Waals surface area contributed by atoms with Crippen LogP contribution < -0.4 is 10.1 Å². The van der Waals surface area contributed by atoms with Crippen LogP contribution in [-0.4, -0.2) is 17.1 Å². The van der Waals surface area contributed by atoms with Crippen molar-refractivity contribution in [3.8, 4) is 5.75 Å². The lowest BCUT2D eigenvalue weighted by Crippen LogP contribution is -2.40. The van der Waals surface area contributed by atoms with E-state index in [1.807, 2.05) is 50.2 Å². The fourth-order valence-corrected chi connectivity index (χ4v) is 3.20. The standard InChI is InChI=1S/C23H24FNO3/c1-15(2)22(23(26)27)25-13-20-19-6-4-3-5-17(19)9-12-21(20)28-14-16-7-10-18(24)11-8-16/h3-12,15,22,25H,13-14H2,1-2H3,(H,26,27). The van der Waals surface area contributed by atoms with Gasteiger partial charge in [-0.05, 0) is 40.5 Å². The third-order valence-electron chi connectivity index (χ3n) is 4.74. The van der Waals surface area contributed by atoms with Gasteiger partial charge in [0.2, 0.25) is 0 Å². The van der Waals surface area contributed by atoms with Crippen molar-refractivity contribution in [2.45, 2.75) is 33.0 Å². The number of halogens is 1. The molecule has 146 valence electrons. The molecule has 0 aliphatic rings. The quantitative estimate of drug-likeness (QED) is 0.591. The van der Waals surface area contributed by atoms with E-state index in [2.05, 4.69) is 5.32 Å². The topological polar surface area (TPSA) is 58.6 Å². The molecule has 0 bridgehead atoms. The van der Waals surface area contributed by atoms with Gasteiger partial charge < -0.3 is 9.84 Å². The first-order valence-electron chi connectivity index (χ1n) is 9.29. The van der Waals surface area contributed by atoms with Crippen molar-refractivity contribution in [3.63, 3.8) is 0 Å². The number of nitrogens with one attached hydrogen (secondary N) is 1. The molecule has 0 saturated carbocycles. The van der Waals surface area contributed by atoms with Crippen molar-refractivity contribution in [1.82, 2.24) is 5.32 Å². The van der Waals surface area contributed by atoms with Crippen molar-refractivity contribution < 1.29 is 19.0 Å². The Labute approximate surface area is 164 Å². The van der Waals surface area contributed by atoms with E-state index in [0.717, 1.165) is 21.9 Å². The molecule has 1 unspecified atom stereocenters. The zero-order valence-corrected chi connectivity index (χ0v) is 16.0. The van der Waals surface area contributed by atoms with Crippen LogP contribution in [0.2, 0.25) is 0 Å². The number of fused-ring (bicyclic) bond motifs is 1. The van der Waals surface area contributed by atoms with Crippen LogP contribution in [0.15, 0.2) is 60.7 Å². The van der Waals surface area contributed by atoms with Gasteiger partial charge in [0.1, 0.15) is 24.2 Å². The van der Waals surface area contributed by atoms with E-state index in [1.54, 1.807) is 12.1 Å². The maximum Gasteiger partial charge on any atom is 0.320 e. The highest BCUT2D eigenvalue weighted by Gasteiger charge is 2.21. The van der Waals surface area contributed by atoms with Gasteiger partial charge in [0.25, 0.3) is 0 Å². The molecular formula is C23H24FNO3. The molecule has 0 amide bonds. The molecule has 0 fully saturated rings. The van der Waals surface area contributed by atoms with Crippen molar-refractivity contribution in [1.29, 1.82) is 0 Å². The number of carboxylic acid groups (broad SMARTS) is 1. The molecule has 0 aromatic heterocycles. The summed E-state index contributed by atoms with van der Waals surface area (Å²) in [4.78, 5) is 11.5. The Kier molecular flexibility index (Phi) is 6.26. The number of carboxylic acids is 1. The largest absolute Gasteiger partial charge is 0.489 e. The van der Waals surface area contributed by atoms with Crippen molar-refractivity contribution >= 4 is 16.7 Å². The summed E-state index contributed by atoms with van der Waals surface area (Å²) in [5.41, 5.74) is 1.77. The van der Waals surface area contributed by atoms with E-state index in [4.69, 9.17) is 4.74 Å². The van der Waals surface area contributed by atoms with Crippen LogP contribution in [0.1, 0.15) is 25.0 Å². The Balaban J connectivity index is 1.87. The molecule has 28 heavy (non-hydrogen) atoms. The number of ether oxygens (including phenoxy) is 1. The van der Waals surface area contributed by atoms with Crippen LogP contribution in [0.5, 0.6) is 5.75 Å². The van der Waals surface area contributed by atoms with Crippen LogP contribution in [0.25, 0.3) is 10.8 Å². The smallest absolute Gasteiger partial charge is 0.320 e. The minimum absolute atomic E-state index is 0.0453. The normalized spacial score (nSPS) is 12.3. The minimum Gasteiger partial charge on any atom is -0.489 e. The molecule has 0 saturated heterocycles. The van der Waals surface area contributed by atoms with Gasteiger partial charge in [0.05, 0.1) is 0 Å². The highest BCUT2D eigenvalue weighted by Crippen LogP contribution is 2.29. The molecule has 0 aliphatic carbocycles. The summed E-state index contributed by atoms with van der Waals surface area (Å²) in [5.74, 6) is -0.517. The number of aliphatic carboxylic acids is 1. The average molecular weight is 381 g/mol. The van der Waals surface area contributed by atoms with Crippen molar-refractivity contribution in [2.75, 3.05) is 0 Å². The summed E-state index contributed by atoms with van der Waals surface area (Å²) in [6.45, 7) is 4.43.